The molecule has 0 amide bonds. The van der Waals surface area contributed by atoms with Crippen molar-refractivity contribution in [1.82, 2.24) is 0 Å². The lowest BCUT2D eigenvalue weighted by Gasteiger charge is -2.19. The van der Waals surface area contributed by atoms with Gasteiger partial charge in [-0.1, -0.05) is 13.8 Å². The molecule has 0 aliphatic carbocycles. The number of rotatable bonds is 6. The molecular formula is C9H19NO3. The normalized spacial score (nSPS) is 13.8. The van der Waals surface area contributed by atoms with Crippen LogP contribution in [-0.4, -0.2) is 28.8 Å². The Balaban J connectivity index is 4.02. The molecule has 78 valence electrons. The van der Waals surface area contributed by atoms with Crippen molar-refractivity contribution in [2.45, 2.75) is 33.0 Å². The van der Waals surface area contributed by atoms with Crippen LogP contribution in [-0.2, 0) is 4.79 Å². The minimum Gasteiger partial charge on any atom is -0.368 e. The third-order valence-electron chi connectivity index (χ3n) is 1.91. The molecule has 0 fully saturated rings. The Hall–Kier alpha value is -0.450. The molecule has 0 aromatic heterocycles. The second-order valence-electron chi connectivity index (χ2n) is 3.75. The SMILES string of the molecule is CC(C)C[C@H](CC(=O)CN)C(O)O. The van der Waals surface area contributed by atoms with Gasteiger partial charge in [0.05, 0.1) is 6.54 Å². The molecule has 0 unspecified atom stereocenters. The van der Waals surface area contributed by atoms with Gasteiger partial charge in [0.2, 0.25) is 0 Å². The van der Waals surface area contributed by atoms with Gasteiger partial charge in [-0.25, -0.2) is 0 Å². The average molecular weight is 189 g/mol. The number of carbonyl (C=O) groups excluding carboxylic acids is 1. The maximum absolute atomic E-state index is 11.0. The van der Waals surface area contributed by atoms with E-state index in [1.165, 1.54) is 0 Å². The van der Waals surface area contributed by atoms with Crippen molar-refractivity contribution in [2.75, 3.05) is 6.54 Å². The molecule has 1 atom stereocenters. The Morgan fingerprint density at radius 2 is 1.92 bits per heavy atom. The number of Topliss-reactive ketones (excluding diaryl/α,β-unsaturated/α-hetero) is 1. The monoisotopic (exact) mass is 189 g/mol. The van der Waals surface area contributed by atoms with E-state index in [-0.39, 0.29) is 24.7 Å². The molecule has 4 heteroatoms. The highest BCUT2D eigenvalue weighted by Gasteiger charge is 2.20. The molecule has 4 N–H and O–H groups in total. The highest BCUT2D eigenvalue weighted by atomic mass is 16.5. The summed E-state index contributed by atoms with van der Waals surface area (Å²) in [6.07, 6.45) is -0.631. The van der Waals surface area contributed by atoms with Crippen LogP contribution in [0.3, 0.4) is 0 Å². The first-order valence-corrected chi connectivity index (χ1v) is 4.55. The maximum atomic E-state index is 11.0. The predicted molar refractivity (Wildman–Crippen MR) is 49.8 cm³/mol. The van der Waals surface area contributed by atoms with Gasteiger partial charge >= 0.3 is 0 Å². The molecule has 0 spiro atoms. The standard InChI is InChI=1S/C9H19NO3/c1-6(2)3-7(9(12)13)4-8(11)5-10/h6-7,9,12-13H,3-5,10H2,1-2H3/t7-/m1/s1. The average Bonchev–Trinajstić information content (AvgIpc) is 2.02. The molecule has 13 heavy (non-hydrogen) atoms. The van der Waals surface area contributed by atoms with Crippen LogP contribution in [0.5, 0.6) is 0 Å². The van der Waals surface area contributed by atoms with Crippen LogP contribution in [0.25, 0.3) is 0 Å². The Bertz CT molecular complexity index is 157. The van der Waals surface area contributed by atoms with Gasteiger partial charge in [-0.3, -0.25) is 4.79 Å². The topological polar surface area (TPSA) is 83.6 Å². The van der Waals surface area contributed by atoms with Gasteiger partial charge < -0.3 is 15.9 Å². The highest BCUT2D eigenvalue weighted by molar-refractivity contribution is 5.80. The van der Waals surface area contributed by atoms with Crippen LogP contribution < -0.4 is 5.73 Å². The van der Waals surface area contributed by atoms with Crippen LogP contribution in [0.4, 0.5) is 0 Å². The van der Waals surface area contributed by atoms with Gasteiger partial charge in [-0.05, 0) is 12.3 Å². The van der Waals surface area contributed by atoms with Gasteiger partial charge in [0.15, 0.2) is 6.29 Å². The molecule has 0 bridgehead atoms. The van der Waals surface area contributed by atoms with Crippen molar-refractivity contribution in [3.8, 4) is 0 Å². The molecule has 0 heterocycles. The zero-order chi connectivity index (χ0) is 10.4. The number of ketones is 1. The van der Waals surface area contributed by atoms with Crippen molar-refractivity contribution in [3.63, 3.8) is 0 Å². The fourth-order valence-corrected chi connectivity index (χ4v) is 1.29. The number of hydrogen-bond donors (Lipinski definition) is 3. The summed E-state index contributed by atoms with van der Waals surface area (Å²) in [6, 6.07) is 0. The Morgan fingerprint density at radius 1 is 1.38 bits per heavy atom. The van der Waals surface area contributed by atoms with Gasteiger partial charge in [-0.2, -0.15) is 0 Å². The summed E-state index contributed by atoms with van der Waals surface area (Å²) in [5.74, 6) is -0.160. The largest absolute Gasteiger partial charge is 0.368 e. The van der Waals surface area contributed by atoms with E-state index in [0.29, 0.717) is 12.3 Å². The van der Waals surface area contributed by atoms with E-state index in [2.05, 4.69) is 0 Å². The lowest BCUT2D eigenvalue weighted by atomic mass is 9.92. The summed E-state index contributed by atoms with van der Waals surface area (Å²) < 4.78 is 0. The zero-order valence-corrected chi connectivity index (χ0v) is 8.23. The molecule has 0 saturated heterocycles. The van der Waals surface area contributed by atoms with Crippen molar-refractivity contribution >= 4 is 5.78 Å². The van der Waals surface area contributed by atoms with Crippen LogP contribution in [0.15, 0.2) is 0 Å². The lowest BCUT2D eigenvalue weighted by Crippen LogP contribution is -2.27. The minimum atomic E-state index is -1.42. The molecule has 0 rings (SSSR count). The quantitative estimate of drug-likeness (QED) is 0.508. The molecule has 0 aromatic rings. The van der Waals surface area contributed by atoms with Crippen LogP contribution in [0, 0.1) is 11.8 Å². The van der Waals surface area contributed by atoms with Gasteiger partial charge in [0.25, 0.3) is 0 Å². The van der Waals surface area contributed by atoms with E-state index in [0.717, 1.165) is 0 Å². The Kier molecular flexibility index (Phi) is 5.86. The third-order valence-corrected chi connectivity index (χ3v) is 1.91. The van der Waals surface area contributed by atoms with Crippen molar-refractivity contribution < 1.29 is 15.0 Å². The number of aliphatic hydroxyl groups is 2. The molecule has 0 aromatic carbocycles. The first-order valence-electron chi connectivity index (χ1n) is 4.55. The summed E-state index contributed by atoms with van der Waals surface area (Å²) in [7, 11) is 0. The van der Waals surface area contributed by atoms with Crippen LogP contribution in [0.2, 0.25) is 0 Å². The number of aliphatic hydroxyl groups excluding tert-OH is 1. The predicted octanol–water partition coefficient (Wildman–Crippen LogP) is -0.123. The molecule has 0 radical (unpaired) electrons. The molecule has 4 nitrogen and oxygen atoms in total. The van der Waals surface area contributed by atoms with E-state index in [9.17, 15) is 4.79 Å². The second-order valence-corrected chi connectivity index (χ2v) is 3.75. The van der Waals surface area contributed by atoms with E-state index in [1.807, 2.05) is 13.8 Å². The van der Waals surface area contributed by atoms with Gasteiger partial charge in [0.1, 0.15) is 5.78 Å². The first kappa shape index (κ1) is 12.6. The molecule has 0 saturated carbocycles. The Morgan fingerprint density at radius 3 is 2.23 bits per heavy atom. The summed E-state index contributed by atoms with van der Waals surface area (Å²) >= 11 is 0. The van der Waals surface area contributed by atoms with Crippen LogP contribution >= 0.6 is 0 Å². The fourth-order valence-electron chi connectivity index (χ4n) is 1.29. The summed E-state index contributed by atoms with van der Waals surface area (Å²) in [4.78, 5) is 11.0. The van der Waals surface area contributed by atoms with Gasteiger partial charge in [0, 0.05) is 12.3 Å². The van der Waals surface area contributed by atoms with Crippen molar-refractivity contribution in [3.05, 3.63) is 0 Å². The third kappa shape index (κ3) is 5.74. The zero-order valence-electron chi connectivity index (χ0n) is 8.23. The second kappa shape index (κ2) is 6.07. The lowest BCUT2D eigenvalue weighted by molar-refractivity contribution is -0.126. The molecule has 0 aliphatic rings. The van der Waals surface area contributed by atoms with E-state index in [1.54, 1.807) is 0 Å². The highest BCUT2D eigenvalue weighted by Crippen LogP contribution is 2.18. The summed E-state index contributed by atoms with van der Waals surface area (Å²) in [6.45, 7) is 3.92. The number of carbonyl (C=O) groups is 1. The first-order chi connectivity index (χ1) is 5.97. The maximum Gasteiger partial charge on any atom is 0.154 e. The number of hydrogen-bond acceptors (Lipinski definition) is 4. The Labute approximate surface area is 78.7 Å². The smallest absolute Gasteiger partial charge is 0.154 e. The van der Waals surface area contributed by atoms with E-state index < -0.39 is 6.29 Å². The molecule has 0 aliphatic heterocycles. The summed E-state index contributed by atoms with van der Waals surface area (Å²) in [5.41, 5.74) is 5.14. The number of nitrogens with two attached hydrogens (primary N) is 1. The fraction of sp³-hybridized carbons (Fsp3) is 0.889. The van der Waals surface area contributed by atoms with Crippen molar-refractivity contribution in [1.29, 1.82) is 0 Å². The summed E-state index contributed by atoms with van der Waals surface area (Å²) in [5, 5.41) is 17.9. The van der Waals surface area contributed by atoms with E-state index in [4.69, 9.17) is 15.9 Å². The van der Waals surface area contributed by atoms with Gasteiger partial charge in [-0.15, -0.1) is 0 Å². The van der Waals surface area contributed by atoms with Crippen molar-refractivity contribution in [2.24, 2.45) is 17.6 Å². The molecular weight excluding hydrogens is 170 g/mol. The minimum absolute atomic E-state index is 0.0265. The van der Waals surface area contributed by atoms with Crippen LogP contribution in [0.1, 0.15) is 26.7 Å². The van der Waals surface area contributed by atoms with E-state index >= 15 is 0 Å².